The van der Waals surface area contributed by atoms with Crippen molar-refractivity contribution in [2.75, 3.05) is 0 Å². The summed E-state index contributed by atoms with van der Waals surface area (Å²) in [5.74, 6) is -0.0138. The summed E-state index contributed by atoms with van der Waals surface area (Å²) < 4.78 is 0. The van der Waals surface area contributed by atoms with E-state index in [1.54, 1.807) is 6.92 Å². The largest absolute Gasteiger partial charge is 0.383 e. The minimum Gasteiger partial charge on any atom is -0.383 e. The molecule has 1 atom stereocenters. The Bertz CT molecular complexity index is 666. The maximum atomic E-state index is 11.0. The summed E-state index contributed by atoms with van der Waals surface area (Å²) in [6.45, 7) is 15.5. The van der Waals surface area contributed by atoms with Crippen molar-refractivity contribution in [2.45, 2.75) is 27.7 Å². The van der Waals surface area contributed by atoms with Crippen molar-refractivity contribution in [1.29, 1.82) is 0 Å². The molecular weight excluding hydrogens is 272 g/mol. The van der Waals surface area contributed by atoms with Crippen LogP contribution in [0.15, 0.2) is 59.4 Å². The van der Waals surface area contributed by atoms with Gasteiger partial charge in [-0.2, -0.15) is 0 Å². The second-order valence-corrected chi connectivity index (χ2v) is 5.49. The first-order chi connectivity index (χ1) is 10.3. The van der Waals surface area contributed by atoms with Gasteiger partial charge in [0.05, 0.1) is 0 Å². The van der Waals surface area contributed by atoms with Crippen LogP contribution >= 0.6 is 0 Å². The molecule has 0 amide bonds. The van der Waals surface area contributed by atoms with Crippen molar-refractivity contribution in [3.63, 3.8) is 0 Å². The molecule has 116 valence electrons. The van der Waals surface area contributed by atoms with Crippen LogP contribution in [0.4, 0.5) is 0 Å². The zero-order valence-corrected chi connectivity index (χ0v) is 13.8. The molecule has 3 nitrogen and oxygen atoms in total. The number of nitrogens with two attached hydrogens (primary N) is 1. The smallest absolute Gasteiger partial charge is 0.127 e. The molecule has 0 aliphatic heterocycles. The van der Waals surface area contributed by atoms with E-state index in [-0.39, 0.29) is 5.92 Å². The molecule has 0 bridgehead atoms. The summed E-state index contributed by atoms with van der Waals surface area (Å²) in [7, 11) is 0. The number of aldehydes is 1. The van der Waals surface area contributed by atoms with E-state index in [0.29, 0.717) is 11.4 Å². The standard InChI is InChI=1S/C19H24N2O/c1-12(2)18(14(4)11-22)19(20)21-16(6)15(5)17-10-8-7-9-13(17)3/h7-11,14H,1,5,20H2,2-4,6H3/b19-18+,21-16+. The maximum absolute atomic E-state index is 11.0. The number of hydrogen-bond donors (Lipinski definition) is 1. The summed E-state index contributed by atoms with van der Waals surface area (Å²) in [5, 5.41) is 0. The van der Waals surface area contributed by atoms with E-state index in [1.807, 2.05) is 45.0 Å². The van der Waals surface area contributed by atoms with Gasteiger partial charge >= 0.3 is 0 Å². The number of rotatable bonds is 6. The SMILES string of the molecule is C=C(C)/C(=C(N)\N=C(/C)C(=C)c1ccccc1C)C(C)C=O. The van der Waals surface area contributed by atoms with Crippen molar-refractivity contribution in [3.8, 4) is 0 Å². The van der Waals surface area contributed by atoms with E-state index in [1.165, 1.54) is 0 Å². The van der Waals surface area contributed by atoms with Gasteiger partial charge in [-0.1, -0.05) is 49.9 Å². The molecule has 3 heteroatoms. The van der Waals surface area contributed by atoms with Crippen LogP contribution in [0.5, 0.6) is 0 Å². The third-order valence-electron chi connectivity index (χ3n) is 3.59. The summed E-state index contributed by atoms with van der Waals surface area (Å²) in [4.78, 5) is 15.5. The van der Waals surface area contributed by atoms with Crippen LogP contribution in [0.3, 0.4) is 0 Å². The Kier molecular flexibility index (Phi) is 6.05. The molecule has 0 spiro atoms. The highest BCUT2D eigenvalue weighted by Gasteiger charge is 2.14. The highest BCUT2D eigenvalue weighted by Crippen LogP contribution is 2.22. The number of carbonyl (C=O) groups is 1. The summed E-state index contributed by atoms with van der Waals surface area (Å²) in [6, 6.07) is 7.98. The van der Waals surface area contributed by atoms with Gasteiger partial charge in [0.15, 0.2) is 0 Å². The number of aryl methyl sites for hydroxylation is 1. The Morgan fingerprint density at radius 1 is 1.27 bits per heavy atom. The number of hydrogen-bond acceptors (Lipinski definition) is 3. The van der Waals surface area contributed by atoms with Gasteiger partial charge in [0.25, 0.3) is 0 Å². The summed E-state index contributed by atoms with van der Waals surface area (Å²) >= 11 is 0. The second kappa shape index (κ2) is 7.55. The molecule has 0 aliphatic carbocycles. The average Bonchev–Trinajstić information content (AvgIpc) is 2.46. The first-order valence-corrected chi connectivity index (χ1v) is 7.21. The van der Waals surface area contributed by atoms with Crippen molar-refractivity contribution < 1.29 is 4.79 Å². The molecule has 0 fully saturated rings. The Hall–Kier alpha value is -2.42. The highest BCUT2D eigenvalue weighted by molar-refractivity contribution is 6.22. The van der Waals surface area contributed by atoms with Gasteiger partial charge < -0.3 is 10.5 Å². The molecule has 1 rings (SSSR count). The van der Waals surface area contributed by atoms with Crippen molar-refractivity contribution in [1.82, 2.24) is 0 Å². The van der Waals surface area contributed by atoms with Gasteiger partial charge in [-0.15, -0.1) is 0 Å². The number of benzene rings is 1. The molecule has 1 aromatic carbocycles. The summed E-state index contributed by atoms with van der Waals surface area (Å²) in [5.41, 5.74) is 11.2. The van der Waals surface area contributed by atoms with Crippen molar-refractivity contribution in [2.24, 2.45) is 16.6 Å². The van der Waals surface area contributed by atoms with E-state index in [9.17, 15) is 4.79 Å². The first-order valence-electron chi connectivity index (χ1n) is 7.21. The third-order valence-corrected chi connectivity index (χ3v) is 3.59. The zero-order chi connectivity index (χ0) is 16.9. The molecule has 22 heavy (non-hydrogen) atoms. The Morgan fingerprint density at radius 3 is 2.36 bits per heavy atom. The molecule has 0 heterocycles. The number of allylic oxidation sites excluding steroid dienone is 3. The van der Waals surface area contributed by atoms with E-state index in [0.717, 1.165) is 34.3 Å². The molecule has 0 saturated heterocycles. The van der Waals surface area contributed by atoms with Crippen LogP contribution < -0.4 is 5.73 Å². The minimum absolute atomic E-state index is 0.319. The number of aliphatic imine (C=N–C) groups is 1. The normalized spacial score (nSPS) is 14.1. The molecular formula is C19H24N2O. The topological polar surface area (TPSA) is 55.4 Å². The fourth-order valence-electron chi connectivity index (χ4n) is 2.32. The lowest BCUT2D eigenvalue weighted by Gasteiger charge is -2.14. The fourth-order valence-corrected chi connectivity index (χ4v) is 2.32. The number of nitrogens with zero attached hydrogens (tertiary/aromatic N) is 1. The van der Waals surface area contributed by atoms with Crippen LogP contribution in [0.2, 0.25) is 0 Å². The molecule has 0 aliphatic rings. The maximum Gasteiger partial charge on any atom is 0.127 e. The molecule has 1 unspecified atom stereocenters. The average molecular weight is 296 g/mol. The van der Waals surface area contributed by atoms with Gasteiger partial charge in [-0.3, -0.25) is 0 Å². The first kappa shape index (κ1) is 17.6. The Balaban J connectivity index is 3.25. The fraction of sp³-hybridized carbons (Fsp3) is 0.263. The van der Waals surface area contributed by atoms with E-state index < -0.39 is 0 Å². The van der Waals surface area contributed by atoms with Crippen LogP contribution in [0.1, 0.15) is 31.9 Å². The van der Waals surface area contributed by atoms with Gasteiger partial charge in [0.2, 0.25) is 0 Å². The van der Waals surface area contributed by atoms with E-state index >= 15 is 0 Å². The van der Waals surface area contributed by atoms with E-state index in [4.69, 9.17) is 5.73 Å². The molecule has 1 aromatic rings. The van der Waals surface area contributed by atoms with Crippen LogP contribution in [0.25, 0.3) is 5.57 Å². The lowest BCUT2D eigenvalue weighted by molar-refractivity contribution is -0.109. The molecule has 0 saturated carbocycles. The highest BCUT2D eigenvalue weighted by atomic mass is 16.1. The molecule has 0 aromatic heterocycles. The Labute approximate surface area is 133 Å². The zero-order valence-electron chi connectivity index (χ0n) is 13.8. The van der Waals surface area contributed by atoms with Crippen LogP contribution in [-0.4, -0.2) is 12.0 Å². The van der Waals surface area contributed by atoms with Gasteiger partial charge in [0.1, 0.15) is 12.1 Å². The molecule has 2 N–H and O–H groups in total. The number of carbonyl (C=O) groups excluding carboxylic acids is 1. The lowest BCUT2D eigenvalue weighted by Crippen LogP contribution is -2.11. The van der Waals surface area contributed by atoms with Crippen molar-refractivity contribution in [3.05, 3.63) is 65.5 Å². The quantitative estimate of drug-likeness (QED) is 0.489. The second-order valence-electron chi connectivity index (χ2n) is 5.49. The predicted octanol–water partition coefficient (Wildman–Crippen LogP) is 4.05. The lowest BCUT2D eigenvalue weighted by atomic mass is 9.96. The monoisotopic (exact) mass is 296 g/mol. The van der Waals surface area contributed by atoms with Gasteiger partial charge in [-0.05, 0) is 37.5 Å². The third kappa shape index (κ3) is 4.04. The van der Waals surface area contributed by atoms with Gasteiger partial charge in [0, 0.05) is 17.2 Å². The molecule has 0 radical (unpaired) electrons. The van der Waals surface area contributed by atoms with Crippen LogP contribution in [-0.2, 0) is 4.79 Å². The van der Waals surface area contributed by atoms with Crippen molar-refractivity contribution >= 4 is 17.6 Å². The van der Waals surface area contributed by atoms with Gasteiger partial charge in [-0.25, -0.2) is 4.99 Å². The van der Waals surface area contributed by atoms with Crippen LogP contribution in [0, 0.1) is 12.8 Å². The summed E-state index contributed by atoms with van der Waals surface area (Å²) in [6.07, 6.45) is 0.845. The predicted molar refractivity (Wildman–Crippen MR) is 94.6 cm³/mol. The minimum atomic E-state index is -0.333. The van der Waals surface area contributed by atoms with E-state index in [2.05, 4.69) is 18.2 Å². The Morgan fingerprint density at radius 2 is 1.86 bits per heavy atom.